The third kappa shape index (κ3) is 4.93. The van der Waals surface area contributed by atoms with E-state index in [4.69, 9.17) is 20.2 Å². The van der Waals surface area contributed by atoms with Crippen molar-refractivity contribution in [2.45, 2.75) is 36.4 Å². The lowest BCUT2D eigenvalue weighted by Gasteiger charge is -2.41. The number of nitrogens with zero attached hydrogens (tertiary/aromatic N) is 1. The van der Waals surface area contributed by atoms with Crippen molar-refractivity contribution in [3.05, 3.63) is 89.5 Å². The van der Waals surface area contributed by atoms with E-state index in [0.29, 0.717) is 5.69 Å². The fraction of sp³-hybridized carbons (Fsp3) is 0.269. The van der Waals surface area contributed by atoms with Gasteiger partial charge in [0.15, 0.2) is 10.6 Å². The molecule has 7 heteroatoms. The van der Waals surface area contributed by atoms with Gasteiger partial charge in [-0.15, -0.1) is 11.3 Å². The Bertz CT molecular complexity index is 1190. The molecule has 1 aliphatic rings. The maximum absolute atomic E-state index is 9.41. The summed E-state index contributed by atoms with van der Waals surface area (Å²) in [7, 11) is 0. The van der Waals surface area contributed by atoms with E-state index >= 15 is 0 Å². The van der Waals surface area contributed by atoms with Gasteiger partial charge in [0, 0.05) is 22.9 Å². The first-order chi connectivity index (χ1) is 16.1. The molecule has 0 amide bonds. The number of para-hydroxylation sites is 1. The van der Waals surface area contributed by atoms with E-state index in [9.17, 15) is 5.11 Å². The highest BCUT2D eigenvalue weighted by Crippen LogP contribution is 2.43. The summed E-state index contributed by atoms with van der Waals surface area (Å²) in [4.78, 5) is 4.76. The average Bonchev–Trinajstić information content (AvgIpc) is 3.26. The zero-order chi connectivity index (χ0) is 22.8. The molecule has 0 bridgehead atoms. The van der Waals surface area contributed by atoms with Crippen LogP contribution in [0.2, 0.25) is 0 Å². The molecule has 5 rings (SSSR count). The van der Waals surface area contributed by atoms with Crippen LogP contribution in [0.25, 0.3) is 10.2 Å². The number of ether oxygens (including phenoxy) is 2. The van der Waals surface area contributed by atoms with Gasteiger partial charge < -0.3 is 20.3 Å². The van der Waals surface area contributed by atoms with Crippen molar-refractivity contribution >= 4 is 39.0 Å². The number of nitrogen functional groups attached to an aromatic ring is 1. The van der Waals surface area contributed by atoms with Gasteiger partial charge in [0.25, 0.3) is 0 Å². The summed E-state index contributed by atoms with van der Waals surface area (Å²) >= 11 is 3.44. The van der Waals surface area contributed by atoms with E-state index in [1.54, 1.807) is 23.1 Å². The number of aliphatic hydroxyl groups is 1. The van der Waals surface area contributed by atoms with Crippen molar-refractivity contribution in [3.63, 3.8) is 0 Å². The summed E-state index contributed by atoms with van der Waals surface area (Å²) in [6.07, 6.45) is -0.684. The second-order valence-electron chi connectivity index (χ2n) is 8.25. The second kappa shape index (κ2) is 9.83. The number of nitrogens with two attached hydrogens (primary N) is 1. The molecule has 3 N–H and O–H groups in total. The quantitative estimate of drug-likeness (QED) is 0.263. The molecule has 0 unspecified atom stereocenters. The number of benzene rings is 3. The Kier molecular flexibility index (Phi) is 6.66. The standard InChI is InChI=1S/C26H26N2O3S2/c1-16-22(15-32-26-28-21-7-2-3-8-23(21)33-26)30-25(19-5-4-6-20(27)13-19)31-24(16)18-11-9-17(14-29)10-12-18/h2-13,16,22,24-25,29H,14-15,27H2,1H3/t16-,22+,24+,25+/m1/s1. The van der Waals surface area contributed by atoms with Gasteiger partial charge in [-0.25, -0.2) is 4.98 Å². The molecule has 1 aromatic heterocycles. The van der Waals surface area contributed by atoms with Crippen LogP contribution < -0.4 is 5.73 Å². The third-order valence-electron chi connectivity index (χ3n) is 5.95. The van der Waals surface area contributed by atoms with Crippen LogP contribution in [-0.4, -0.2) is 21.9 Å². The Morgan fingerprint density at radius 1 is 1.00 bits per heavy atom. The van der Waals surface area contributed by atoms with Crippen LogP contribution in [0, 0.1) is 5.92 Å². The van der Waals surface area contributed by atoms with Crippen LogP contribution in [0.5, 0.6) is 0 Å². The number of thiazole rings is 1. The molecule has 1 fully saturated rings. The number of fused-ring (bicyclic) bond motifs is 1. The molecular weight excluding hydrogens is 452 g/mol. The Balaban J connectivity index is 1.40. The summed E-state index contributed by atoms with van der Waals surface area (Å²) in [5.74, 6) is 0.901. The van der Waals surface area contributed by atoms with Gasteiger partial charge in [0.2, 0.25) is 0 Å². The molecule has 0 saturated carbocycles. The minimum atomic E-state index is -0.506. The first kappa shape index (κ1) is 22.4. The first-order valence-corrected chi connectivity index (χ1v) is 12.8. The Labute approximate surface area is 201 Å². The van der Waals surface area contributed by atoms with E-state index < -0.39 is 6.29 Å². The summed E-state index contributed by atoms with van der Waals surface area (Å²) < 4.78 is 15.2. The van der Waals surface area contributed by atoms with Gasteiger partial charge in [-0.3, -0.25) is 0 Å². The van der Waals surface area contributed by atoms with Gasteiger partial charge in [0.1, 0.15) is 0 Å². The van der Waals surface area contributed by atoms with E-state index in [1.165, 1.54) is 4.70 Å². The van der Waals surface area contributed by atoms with Crippen LogP contribution in [0.1, 0.15) is 36.0 Å². The number of rotatable bonds is 6. The second-order valence-corrected chi connectivity index (χ2v) is 10.5. The van der Waals surface area contributed by atoms with Crippen LogP contribution in [0.15, 0.2) is 77.1 Å². The third-order valence-corrected chi connectivity index (χ3v) is 8.22. The van der Waals surface area contributed by atoms with Crippen molar-refractivity contribution in [1.82, 2.24) is 4.98 Å². The van der Waals surface area contributed by atoms with Crippen LogP contribution in [-0.2, 0) is 16.1 Å². The predicted molar refractivity (Wildman–Crippen MR) is 134 cm³/mol. The van der Waals surface area contributed by atoms with Gasteiger partial charge in [-0.1, -0.05) is 67.2 Å². The van der Waals surface area contributed by atoms with Gasteiger partial charge in [-0.2, -0.15) is 0 Å². The number of anilines is 1. The van der Waals surface area contributed by atoms with E-state index in [0.717, 1.165) is 32.3 Å². The monoisotopic (exact) mass is 478 g/mol. The molecule has 5 nitrogen and oxygen atoms in total. The maximum atomic E-state index is 9.41. The van der Waals surface area contributed by atoms with Gasteiger partial charge in [-0.05, 0) is 35.4 Å². The van der Waals surface area contributed by atoms with E-state index in [-0.39, 0.29) is 24.7 Å². The summed E-state index contributed by atoms with van der Waals surface area (Å²) in [5, 5.41) is 9.41. The minimum Gasteiger partial charge on any atom is -0.399 e. The van der Waals surface area contributed by atoms with E-state index in [1.807, 2.05) is 66.7 Å². The molecule has 0 spiro atoms. The van der Waals surface area contributed by atoms with Crippen molar-refractivity contribution in [2.24, 2.45) is 5.92 Å². The smallest absolute Gasteiger partial charge is 0.185 e. The SMILES string of the molecule is C[C@@H]1[C@H](CSc2nc3ccccc3s2)O[C@H](c2cccc(N)c2)O[C@@H]1c1ccc(CO)cc1. The zero-order valence-electron chi connectivity index (χ0n) is 18.3. The van der Waals surface area contributed by atoms with Crippen molar-refractivity contribution in [3.8, 4) is 0 Å². The summed E-state index contributed by atoms with van der Waals surface area (Å²) in [6.45, 7) is 2.20. The van der Waals surface area contributed by atoms with Crippen LogP contribution in [0.4, 0.5) is 5.69 Å². The van der Waals surface area contributed by atoms with Gasteiger partial charge in [0.05, 0.1) is 29.0 Å². The van der Waals surface area contributed by atoms with Crippen molar-refractivity contribution in [1.29, 1.82) is 0 Å². The molecule has 0 radical (unpaired) electrons. The molecular formula is C26H26N2O3S2. The number of hydrogen-bond acceptors (Lipinski definition) is 7. The normalized spacial score (nSPS) is 23.1. The molecule has 4 aromatic rings. The highest BCUT2D eigenvalue weighted by Gasteiger charge is 2.38. The lowest BCUT2D eigenvalue weighted by Crippen LogP contribution is -2.38. The fourth-order valence-corrected chi connectivity index (χ4v) is 6.34. The highest BCUT2D eigenvalue weighted by atomic mass is 32.2. The molecule has 1 saturated heterocycles. The summed E-state index contributed by atoms with van der Waals surface area (Å²) in [5.41, 5.74) is 10.6. The molecule has 4 atom stereocenters. The molecule has 170 valence electrons. The molecule has 33 heavy (non-hydrogen) atoms. The number of aliphatic hydroxyl groups excluding tert-OH is 1. The van der Waals surface area contributed by atoms with Crippen LogP contribution >= 0.6 is 23.1 Å². The lowest BCUT2D eigenvalue weighted by atomic mass is 9.91. The molecule has 1 aliphatic heterocycles. The Hall–Kier alpha value is -2.42. The minimum absolute atomic E-state index is 0.0256. The van der Waals surface area contributed by atoms with Crippen molar-refractivity contribution < 1.29 is 14.6 Å². The highest BCUT2D eigenvalue weighted by molar-refractivity contribution is 8.01. The Morgan fingerprint density at radius 3 is 2.58 bits per heavy atom. The van der Waals surface area contributed by atoms with Crippen molar-refractivity contribution in [2.75, 3.05) is 11.5 Å². The number of aromatic nitrogens is 1. The fourth-order valence-electron chi connectivity index (χ4n) is 4.08. The summed E-state index contributed by atoms with van der Waals surface area (Å²) in [6, 6.07) is 23.8. The Morgan fingerprint density at radius 2 is 1.82 bits per heavy atom. The number of thioether (sulfide) groups is 1. The average molecular weight is 479 g/mol. The predicted octanol–water partition coefficient (Wildman–Crippen LogP) is 5.95. The molecule has 3 aromatic carbocycles. The maximum Gasteiger partial charge on any atom is 0.185 e. The molecule has 2 heterocycles. The number of hydrogen-bond donors (Lipinski definition) is 2. The zero-order valence-corrected chi connectivity index (χ0v) is 19.9. The molecule has 0 aliphatic carbocycles. The van der Waals surface area contributed by atoms with Gasteiger partial charge >= 0.3 is 0 Å². The van der Waals surface area contributed by atoms with E-state index in [2.05, 4.69) is 13.0 Å². The topological polar surface area (TPSA) is 77.6 Å². The lowest BCUT2D eigenvalue weighted by molar-refractivity contribution is -0.268. The largest absolute Gasteiger partial charge is 0.399 e. The first-order valence-electron chi connectivity index (χ1n) is 10.9. The van der Waals surface area contributed by atoms with Crippen LogP contribution in [0.3, 0.4) is 0 Å².